The molecule has 1 N–H and O–H groups in total. The number of nitrogens with one attached hydrogen (secondary N) is 1. The second-order valence-corrected chi connectivity index (χ2v) is 8.36. The zero-order chi connectivity index (χ0) is 21.6. The Bertz CT molecular complexity index is 1190. The van der Waals surface area contributed by atoms with Crippen molar-refractivity contribution in [1.29, 1.82) is 0 Å². The molecule has 3 aromatic carbocycles. The number of carbonyl (C=O) groups is 1. The molecule has 156 valence electrons. The van der Waals surface area contributed by atoms with Crippen LogP contribution in [0.4, 0.5) is 0 Å². The summed E-state index contributed by atoms with van der Waals surface area (Å²) in [4.78, 5) is 12.4. The number of carbonyl (C=O) groups excluding carboxylic acids is 1. The van der Waals surface area contributed by atoms with Crippen LogP contribution in [0.15, 0.2) is 84.0 Å². The van der Waals surface area contributed by atoms with E-state index in [0.29, 0.717) is 22.5 Å². The van der Waals surface area contributed by atoms with Gasteiger partial charge in [-0.25, -0.2) is 0 Å². The van der Waals surface area contributed by atoms with E-state index < -0.39 is 0 Å². The number of aromatic nitrogens is 3. The van der Waals surface area contributed by atoms with Crippen molar-refractivity contribution in [3.63, 3.8) is 0 Å². The van der Waals surface area contributed by atoms with Gasteiger partial charge < -0.3 is 5.32 Å². The summed E-state index contributed by atoms with van der Waals surface area (Å²) >= 11 is 7.78. The van der Waals surface area contributed by atoms with Gasteiger partial charge >= 0.3 is 0 Å². The van der Waals surface area contributed by atoms with Gasteiger partial charge in [-0.15, -0.1) is 10.2 Å². The Morgan fingerprint density at radius 2 is 1.77 bits per heavy atom. The average molecular weight is 449 g/mol. The normalized spacial score (nSPS) is 10.8. The molecule has 7 heteroatoms. The monoisotopic (exact) mass is 448 g/mol. The van der Waals surface area contributed by atoms with Gasteiger partial charge in [0.15, 0.2) is 11.0 Å². The first kappa shape index (κ1) is 21.2. The molecule has 31 heavy (non-hydrogen) atoms. The predicted molar refractivity (Wildman–Crippen MR) is 126 cm³/mol. The quantitative estimate of drug-likeness (QED) is 0.389. The fourth-order valence-electron chi connectivity index (χ4n) is 3.16. The Kier molecular flexibility index (Phi) is 6.70. The first-order chi connectivity index (χ1) is 15.1. The maximum absolute atomic E-state index is 12.4. The number of halogens is 1. The van der Waals surface area contributed by atoms with Crippen molar-refractivity contribution in [3.05, 3.63) is 95.0 Å². The van der Waals surface area contributed by atoms with Gasteiger partial charge in [0, 0.05) is 17.8 Å². The standard InChI is InChI=1S/C24H21ClN4OS/c1-17-8-7-11-19(14-17)29-23(20-12-5-6-13-21(20)25)27-28-24(29)31-16-22(30)26-15-18-9-3-2-4-10-18/h2-14H,15-16H2,1H3,(H,26,30). The number of nitrogens with zero attached hydrogens (tertiary/aromatic N) is 3. The molecule has 1 amide bonds. The van der Waals surface area contributed by atoms with Crippen LogP contribution < -0.4 is 5.32 Å². The molecule has 0 unspecified atom stereocenters. The highest BCUT2D eigenvalue weighted by Gasteiger charge is 2.19. The van der Waals surface area contributed by atoms with Gasteiger partial charge in [0.25, 0.3) is 0 Å². The van der Waals surface area contributed by atoms with Crippen LogP contribution >= 0.6 is 23.4 Å². The highest BCUT2D eigenvalue weighted by molar-refractivity contribution is 7.99. The van der Waals surface area contributed by atoms with E-state index in [0.717, 1.165) is 22.4 Å². The van der Waals surface area contributed by atoms with Gasteiger partial charge in [0.2, 0.25) is 5.91 Å². The van der Waals surface area contributed by atoms with Crippen molar-refractivity contribution >= 4 is 29.3 Å². The maximum Gasteiger partial charge on any atom is 0.230 e. The van der Waals surface area contributed by atoms with E-state index in [1.807, 2.05) is 84.3 Å². The molecule has 0 spiro atoms. The van der Waals surface area contributed by atoms with Crippen LogP contribution in [-0.2, 0) is 11.3 Å². The minimum Gasteiger partial charge on any atom is -0.351 e. The first-order valence-corrected chi connectivity index (χ1v) is 11.2. The molecule has 0 radical (unpaired) electrons. The number of rotatable bonds is 7. The van der Waals surface area contributed by atoms with Crippen molar-refractivity contribution in [2.24, 2.45) is 0 Å². The number of hydrogen-bond acceptors (Lipinski definition) is 4. The topological polar surface area (TPSA) is 59.8 Å². The van der Waals surface area contributed by atoms with Crippen LogP contribution in [0.3, 0.4) is 0 Å². The summed E-state index contributed by atoms with van der Waals surface area (Å²) < 4.78 is 1.95. The van der Waals surface area contributed by atoms with Gasteiger partial charge in [-0.05, 0) is 42.3 Å². The van der Waals surface area contributed by atoms with Crippen molar-refractivity contribution in [1.82, 2.24) is 20.1 Å². The summed E-state index contributed by atoms with van der Waals surface area (Å²) in [5, 5.41) is 12.9. The molecule has 4 rings (SSSR count). The summed E-state index contributed by atoms with van der Waals surface area (Å²) in [5.41, 5.74) is 3.89. The van der Waals surface area contributed by atoms with Crippen LogP contribution in [0.5, 0.6) is 0 Å². The van der Waals surface area contributed by atoms with Crippen LogP contribution in [0, 0.1) is 6.92 Å². The molecule has 5 nitrogen and oxygen atoms in total. The maximum atomic E-state index is 12.4. The van der Waals surface area contributed by atoms with E-state index >= 15 is 0 Å². The van der Waals surface area contributed by atoms with Gasteiger partial charge in [-0.2, -0.15) is 0 Å². The Hall–Kier alpha value is -3.09. The molecule has 1 aromatic heterocycles. The van der Waals surface area contributed by atoms with Crippen LogP contribution in [-0.4, -0.2) is 26.4 Å². The molecule has 1 heterocycles. The molecule has 0 saturated heterocycles. The zero-order valence-corrected chi connectivity index (χ0v) is 18.5. The van der Waals surface area contributed by atoms with Gasteiger partial charge in [-0.3, -0.25) is 9.36 Å². The molecule has 0 aliphatic carbocycles. The summed E-state index contributed by atoms with van der Waals surface area (Å²) in [6.45, 7) is 2.53. The smallest absolute Gasteiger partial charge is 0.230 e. The number of hydrogen-bond donors (Lipinski definition) is 1. The van der Waals surface area contributed by atoms with E-state index in [2.05, 4.69) is 21.6 Å². The lowest BCUT2D eigenvalue weighted by Crippen LogP contribution is -2.24. The molecule has 4 aromatic rings. The van der Waals surface area contributed by atoms with Crippen molar-refractivity contribution in [3.8, 4) is 17.1 Å². The molecule has 0 fully saturated rings. The highest BCUT2D eigenvalue weighted by atomic mass is 35.5. The van der Waals surface area contributed by atoms with Gasteiger partial charge in [0.05, 0.1) is 10.8 Å². The average Bonchev–Trinajstić information content (AvgIpc) is 3.21. The molecular weight excluding hydrogens is 428 g/mol. The lowest BCUT2D eigenvalue weighted by Gasteiger charge is -2.12. The van der Waals surface area contributed by atoms with Crippen LogP contribution in [0.25, 0.3) is 17.1 Å². The summed E-state index contributed by atoms with van der Waals surface area (Å²) in [7, 11) is 0. The van der Waals surface area contributed by atoms with Crippen LogP contribution in [0.2, 0.25) is 5.02 Å². The van der Waals surface area contributed by atoms with Crippen molar-refractivity contribution < 1.29 is 4.79 Å². The van der Waals surface area contributed by atoms with E-state index in [1.165, 1.54) is 11.8 Å². The summed E-state index contributed by atoms with van der Waals surface area (Å²) in [6, 6.07) is 25.5. The molecule has 0 atom stereocenters. The SMILES string of the molecule is Cc1cccc(-n2c(SCC(=O)NCc3ccccc3)nnc2-c2ccccc2Cl)c1. The van der Waals surface area contributed by atoms with Crippen molar-refractivity contribution in [2.75, 3.05) is 5.75 Å². The Morgan fingerprint density at radius 3 is 2.55 bits per heavy atom. The fraction of sp³-hybridized carbons (Fsp3) is 0.125. The van der Waals surface area contributed by atoms with Gasteiger partial charge in [-0.1, -0.05) is 78.0 Å². The molecular formula is C24H21ClN4OS. The summed E-state index contributed by atoms with van der Waals surface area (Å²) in [5.74, 6) is 0.814. The minimum absolute atomic E-state index is 0.0630. The zero-order valence-electron chi connectivity index (χ0n) is 17.0. The Morgan fingerprint density at radius 1 is 1.00 bits per heavy atom. The van der Waals surface area contributed by atoms with Crippen molar-refractivity contribution in [2.45, 2.75) is 18.6 Å². The molecule has 0 aliphatic heterocycles. The first-order valence-electron chi connectivity index (χ1n) is 9.82. The second kappa shape index (κ2) is 9.81. The number of benzene rings is 3. The fourth-order valence-corrected chi connectivity index (χ4v) is 4.16. The number of amides is 1. The molecule has 0 bridgehead atoms. The third kappa shape index (κ3) is 5.16. The second-order valence-electron chi connectivity index (χ2n) is 7.01. The van der Waals surface area contributed by atoms with E-state index in [9.17, 15) is 4.79 Å². The van der Waals surface area contributed by atoms with E-state index in [-0.39, 0.29) is 11.7 Å². The minimum atomic E-state index is -0.0630. The van der Waals surface area contributed by atoms with Gasteiger partial charge in [0.1, 0.15) is 0 Å². The summed E-state index contributed by atoms with van der Waals surface area (Å²) in [6.07, 6.45) is 0. The largest absolute Gasteiger partial charge is 0.351 e. The Balaban J connectivity index is 1.57. The Labute approximate surface area is 190 Å². The van der Waals surface area contributed by atoms with E-state index in [1.54, 1.807) is 0 Å². The number of thioether (sulfide) groups is 1. The van der Waals surface area contributed by atoms with E-state index in [4.69, 9.17) is 11.6 Å². The van der Waals surface area contributed by atoms with Crippen LogP contribution in [0.1, 0.15) is 11.1 Å². The lowest BCUT2D eigenvalue weighted by atomic mass is 10.2. The number of aryl methyl sites for hydroxylation is 1. The molecule has 0 aliphatic rings. The molecule has 0 saturated carbocycles. The third-order valence-corrected chi connectivity index (χ3v) is 5.93. The highest BCUT2D eigenvalue weighted by Crippen LogP contribution is 2.32. The lowest BCUT2D eigenvalue weighted by molar-refractivity contribution is -0.118. The third-order valence-electron chi connectivity index (χ3n) is 4.67. The predicted octanol–water partition coefficient (Wildman–Crippen LogP) is 5.30.